The first-order chi connectivity index (χ1) is 15.9. The van der Waals surface area contributed by atoms with Crippen LogP contribution in [0.25, 0.3) is 0 Å². The maximum atomic E-state index is 10.4. The Bertz CT molecular complexity index is 877. The molecule has 2 atom stereocenters. The number of aromatic carboxylic acids is 4. The van der Waals surface area contributed by atoms with Gasteiger partial charge in [-0.2, -0.15) is 0 Å². The maximum Gasteiger partial charge on any atom is 0.335 e. The van der Waals surface area contributed by atoms with Gasteiger partial charge in [-0.1, -0.05) is 6.07 Å². The van der Waals surface area contributed by atoms with Crippen LogP contribution in [0.3, 0.4) is 0 Å². The van der Waals surface area contributed by atoms with Gasteiger partial charge >= 0.3 is 23.9 Å². The fourth-order valence-electron chi connectivity index (χ4n) is 2.16. The minimum atomic E-state index is -1.13. The number of carboxylic acid groups (broad SMARTS) is 4. The summed E-state index contributed by atoms with van der Waals surface area (Å²) in [7, 11) is 0. The van der Waals surface area contributed by atoms with Crippen LogP contribution in [0.1, 0.15) is 54.3 Å². The monoisotopic (exact) mass is 482 g/mol. The van der Waals surface area contributed by atoms with Crippen molar-refractivity contribution in [2.45, 2.75) is 25.0 Å². The van der Waals surface area contributed by atoms with E-state index in [4.69, 9.17) is 40.9 Å². The zero-order valence-corrected chi connectivity index (χ0v) is 17.8. The van der Waals surface area contributed by atoms with Gasteiger partial charge in [0.05, 0.1) is 35.0 Å². The maximum absolute atomic E-state index is 10.4. The van der Waals surface area contributed by atoms with Gasteiger partial charge in [0.1, 0.15) is 6.10 Å². The molecule has 2 unspecified atom stereocenters. The van der Waals surface area contributed by atoms with Crippen LogP contribution in [0.2, 0.25) is 0 Å². The van der Waals surface area contributed by atoms with Gasteiger partial charge in [0.15, 0.2) is 0 Å². The van der Waals surface area contributed by atoms with E-state index >= 15 is 0 Å². The van der Waals surface area contributed by atoms with Crippen molar-refractivity contribution in [3.8, 4) is 0 Å². The van der Waals surface area contributed by atoms with Crippen LogP contribution in [-0.2, 0) is 0 Å². The Morgan fingerprint density at radius 1 is 0.618 bits per heavy atom. The van der Waals surface area contributed by atoms with Gasteiger partial charge in [-0.15, -0.1) is 0 Å². The Balaban J connectivity index is 0.000000484. The molecule has 2 aromatic carbocycles. The Labute approximate surface area is 193 Å². The van der Waals surface area contributed by atoms with Gasteiger partial charge in [0, 0.05) is 6.61 Å². The second kappa shape index (κ2) is 15.9. The van der Waals surface area contributed by atoms with Gasteiger partial charge in [-0.05, 0) is 55.3 Å². The zero-order chi connectivity index (χ0) is 26.3. The average Bonchev–Trinajstić information content (AvgIpc) is 2.82. The summed E-state index contributed by atoms with van der Waals surface area (Å²) in [6.45, 7) is -0.443. The van der Waals surface area contributed by atoms with E-state index < -0.39 is 42.7 Å². The van der Waals surface area contributed by atoms with Crippen LogP contribution in [0.4, 0.5) is 0 Å². The van der Waals surface area contributed by atoms with Crippen molar-refractivity contribution in [2.24, 2.45) is 0 Å². The van der Waals surface area contributed by atoms with Crippen LogP contribution in [0.5, 0.6) is 0 Å². The lowest BCUT2D eigenvalue weighted by Gasteiger charge is -2.13. The molecule has 34 heavy (non-hydrogen) atoms. The number of carbonyl (C=O) groups is 4. The Hall–Kier alpha value is -3.84. The predicted octanol–water partition coefficient (Wildman–Crippen LogP) is 0.639. The molecule has 0 spiro atoms. The summed E-state index contributed by atoms with van der Waals surface area (Å²) in [5.74, 6) is -4.38. The number of rotatable bonds is 9. The third-order valence-electron chi connectivity index (χ3n) is 4.02. The molecule has 0 aliphatic rings. The molecule has 0 saturated carbocycles. The SMILES string of the molecule is O=C(O)c1ccc(C(=O)O)cc1.O=C(O)c1cccc(C(=O)O)c1.OCCCC(O)C(O)CO. The molecule has 2 rings (SSSR count). The predicted molar refractivity (Wildman–Crippen MR) is 116 cm³/mol. The number of hydrogen-bond acceptors (Lipinski definition) is 8. The van der Waals surface area contributed by atoms with Crippen molar-refractivity contribution in [2.75, 3.05) is 13.2 Å². The van der Waals surface area contributed by atoms with E-state index in [1.54, 1.807) is 0 Å². The minimum Gasteiger partial charge on any atom is -0.478 e. The lowest BCUT2D eigenvalue weighted by Crippen LogP contribution is -2.29. The normalized spacial score (nSPS) is 11.5. The summed E-state index contributed by atoms with van der Waals surface area (Å²) in [6.07, 6.45) is -1.24. The first-order valence-corrected chi connectivity index (χ1v) is 9.65. The summed E-state index contributed by atoms with van der Waals surface area (Å²) < 4.78 is 0. The standard InChI is InChI=1S/2C8H6O4.C6H14O4/c9-7(10)5-1-2-6(4-3-5)8(11)12;9-7(10)5-2-1-3-6(4-5)8(11)12;7-3-1-2-5(9)6(10)4-8/h2*1-4H,(H,9,10)(H,11,12);5-10H,1-4H2. The Kier molecular flexibility index (Phi) is 14.1. The molecule has 0 aliphatic carbocycles. The van der Waals surface area contributed by atoms with E-state index in [0.29, 0.717) is 12.8 Å². The molecule has 186 valence electrons. The molecule has 0 aromatic heterocycles. The van der Waals surface area contributed by atoms with E-state index in [2.05, 4.69) is 0 Å². The highest BCUT2D eigenvalue weighted by Gasteiger charge is 2.13. The third kappa shape index (κ3) is 11.7. The van der Waals surface area contributed by atoms with Gasteiger partial charge < -0.3 is 40.9 Å². The highest BCUT2D eigenvalue weighted by Crippen LogP contribution is 2.05. The fraction of sp³-hybridized carbons (Fsp3) is 0.273. The average molecular weight is 482 g/mol. The summed E-state index contributed by atoms with van der Waals surface area (Å²) in [5.41, 5.74) is 0.129. The molecule has 12 heteroatoms. The molecular formula is C22H26O12. The van der Waals surface area contributed by atoms with E-state index in [0.717, 1.165) is 6.07 Å². The van der Waals surface area contributed by atoms with Crippen molar-refractivity contribution in [3.05, 3.63) is 70.8 Å². The summed E-state index contributed by atoms with van der Waals surface area (Å²) in [4.78, 5) is 41.4. The van der Waals surface area contributed by atoms with Crippen LogP contribution in [0, 0.1) is 0 Å². The molecule has 0 amide bonds. The molecule has 0 radical (unpaired) electrons. The van der Waals surface area contributed by atoms with Crippen molar-refractivity contribution in [3.63, 3.8) is 0 Å². The smallest absolute Gasteiger partial charge is 0.335 e. The van der Waals surface area contributed by atoms with Gasteiger partial charge in [-0.3, -0.25) is 0 Å². The molecule has 0 heterocycles. The van der Waals surface area contributed by atoms with Gasteiger partial charge in [0.25, 0.3) is 0 Å². The van der Waals surface area contributed by atoms with E-state index in [1.807, 2.05) is 0 Å². The lowest BCUT2D eigenvalue weighted by atomic mass is 10.1. The number of aliphatic hydroxyl groups is 4. The highest BCUT2D eigenvalue weighted by atomic mass is 16.4. The number of carboxylic acids is 4. The lowest BCUT2D eigenvalue weighted by molar-refractivity contribution is -0.0199. The van der Waals surface area contributed by atoms with Crippen molar-refractivity contribution < 1.29 is 60.0 Å². The van der Waals surface area contributed by atoms with E-state index in [9.17, 15) is 19.2 Å². The van der Waals surface area contributed by atoms with Crippen LogP contribution in [0.15, 0.2) is 48.5 Å². The summed E-state index contributed by atoms with van der Waals surface area (Å²) >= 11 is 0. The second-order valence-electron chi connectivity index (χ2n) is 6.56. The van der Waals surface area contributed by atoms with Crippen LogP contribution < -0.4 is 0 Å². The molecule has 2 aromatic rings. The van der Waals surface area contributed by atoms with Crippen LogP contribution in [-0.4, -0.2) is 90.2 Å². The molecule has 0 saturated heterocycles. The van der Waals surface area contributed by atoms with Crippen molar-refractivity contribution >= 4 is 23.9 Å². The quantitative estimate of drug-likeness (QED) is 0.246. The van der Waals surface area contributed by atoms with Gasteiger partial charge in [-0.25, -0.2) is 19.2 Å². The summed E-state index contributed by atoms with van der Waals surface area (Å²) in [6, 6.07) is 10.2. The highest BCUT2D eigenvalue weighted by molar-refractivity contribution is 5.93. The molecular weight excluding hydrogens is 456 g/mol. The number of benzene rings is 2. The largest absolute Gasteiger partial charge is 0.478 e. The van der Waals surface area contributed by atoms with Crippen molar-refractivity contribution in [1.29, 1.82) is 0 Å². The Morgan fingerprint density at radius 3 is 1.29 bits per heavy atom. The number of hydrogen-bond donors (Lipinski definition) is 8. The topological polar surface area (TPSA) is 230 Å². The van der Waals surface area contributed by atoms with Crippen molar-refractivity contribution in [1.82, 2.24) is 0 Å². The number of aliphatic hydroxyl groups excluding tert-OH is 4. The molecule has 0 aliphatic heterocycles. The third-order valence-corrected chi connectivity index (χ3v) is 4.02. The Morgan fingerprint density at radius 2 is 1.00 bits per heavy atom. The minimum absolute atomic E-state index is 0.00475. The van der Waals surface area contributed by atoms with Gasteiger partial charge in [0.2, 0.25) is 0 Å². The first-order valence-electron chi connectivity index (χ1n) is 9.65. The second-order valence-corrected chi connectivity index (χ2v) is 6.56. The molecule has 8 N–H and O–H groups in total. The molecule has 0 bridgehead atoms. The molecule has 0 fully saturated rings. The van der Waals surface area contributed by atoms with E-state index in [1.165, 1.54) is 42.5 Å². The molecule has 12 nitrogen and oxygen atoms in total. The first kappa shape index (κ1) is 30.2. The van der Waals surface area contributed by atoms with Crippen LogP contribution >= 0.6 is 0 Å². The fourth-order valence-corrected chi connectivity index (χ4v) is 2.16. The zero-order valence-electron chi connectivity index (χ0n) is 17.8. The van der Waals surface area contributed by atoms with E-state index in [-0.39, 0.29) is 28.9 Å². The summed E-state index contributed by atoms with van der Waals surface area (Å²) in [5, 5.41) is 68.3.